The van der Waals surface area contributed by atoms with Gasteiger partial charge in [0, 0.05) is 31.7 Å². The first-order valence-electron chi connectivity index (χ1n) is 13.0. The number of hydrogen-bond acceptors (Lipinski definition) is 4. The molecule has 0 radical (unpaired) electrons. The molecule has 3 rings (SSSR count). The van der Waals surface area contributed by atoms with Crippen LogP contribution in [0.1, 0.15) is 91.8 Å². The molecule has 0 fully saturated rings. The van der Waals surface area contributed by atoms with E-state index in [4.69, 9.17) is 0 Å². The number of allylic oxidation sites excluding steroid dienone is 4. The number of unbranched alkanes of at least 4 members (excludes halogenated alkanes) is 8. The summed E-state index contributed by atoms with van der Waals surface area (Å²) >= 11 is 6.69. The van der Waals surface area contributed by atoms with Gasteiger partial charge in [0.15, 0.2) is 23.1 Å². The summed E-state index contributed by atoms with van der Waals surface area (Å²) in [6, 6.07) is 13.3. The summed E-state index contributed by atoms with van der Waals surface area (Å²) in [6.07, 6.45) is 11.3. The molecule has 0 amide bonds. The maximum atomic E-state index is 13.6. The highest BCUT2D eigenvalue weighted by atomic mass is 79.9. The van der Waals surface area contributed by atoms with Crippen molar-refractivity contribution in [2.24, 2.45) is 0 Å². The van der Waals surface area contributed by atoms with Crippen LogP contribution in [0.3, 0.4) is 0 Å². The molecule has 2 aromatic rings. The van der Waals surface area contributed by atoms with Crippen LogP contribution < -0.4 is 0 Å². The van der Waals surface area contributed by atoms with Gasteiger partial charge >= 0.3 is 0 Å². The highest BCUT2D eigenvalue weighted by Crippen LogP contribution is 2.29. The summed E-state index contributed by atoms with van der Waals surface area (Å²) in [4.78, 5) is 53.3. The Kier molecular flexibility index (Phi) is 11.4. The van der Waals surface area contributed by atoms with Crippen LogP contribution in [0.25, 0.3) is 0 Å². The Labute approximate surface area is 235 Å². The Bertz CT molecular complexity index is 1200. The highest BCUT2D eigenvalue weighted by Gasteiger charge is 2.35. The van der Waals surface area contributed by atoms with E-state index in [9.17, 15) is 19.2 Å². The second kappa shape index (κ2) is 14.5. The van der Waals surface area contributed by atoms with Crippen LogP contribution in [0.5, 0.6) is 0 Å². The molecular weight excluding hydrogens is 596 g/mol. The van der Waals surface area contributed by atoms with Crippen molar-refractivity contribution in [3.63, 3.8) is 0 Å². The predicted molar refractivity (Wildman–Crippen MR) is 154 cm³/mol. The normalized spacial score (nSPS) is 13.6. The predicted octanol–water partition coefficient (Wildman–Crippen LogP) is 8.57. The van der Waals surface area contributed by atoms with Crippen molar-refractivity contribution >= 4 is 55.0 Å². The standard InChI is InChI=1S/C31H32Br2O4/c1-2-3-4-5-6-7-8-9-10-11-25-28(30(36)22-14-18-24(33)19-15-22)27(34)20-26(31(25)37)29(35)21-12-16-23(32)17-13-21/h12-20H,2-11H2,1H3. The summed E-state index contributed by atoms with van der Waals surface area (Å²) in [5.41, 5.74) is 0.523. The van der Waals surface area contributed by atoms with E-state index in [-0.39, 0.29) is 16.7 Å². The largest absolute Gasteiger partial charge is 0.289 e. The zero-order valence-corrected chi connectivity index (χ0v) is 24.3. The molecule has 0 N–H and O–H groups in total. The molecule has 0 saturated carbocycles. The maximum absolute atomic E-state index is 13.6. The average Bonchev–Trinajstić information content (AvgIpc) is 2.89. The molecule has 0 bridgehead atoms. The minimum absolute atomic E-state index is 0.112. The fourth-order valence-electron chi connectivity index (χ4n) is 4.46. The molecule has 2 aromatic carbocycles. The molecule has 0 atom stereocenters. The Hall–Kier alpha value is -2.44. The van der Waals surface area contributed by atoms with Crippen molar-refractivity contribution in [3.8, 4) is 0 Å². The van der Waals surface area contributed by atoms with Gasteiger partial charge in [-0.25, -0.2) is 0 Å². The lowest BCUT2D eigenvalue weighted by atomic mass is 9.81. The van der Waals surface area contributed by atoms with Gasteiger partial charge in [-0.1, -0.05) is 90.2 Å². The van der Waals surface area contributed by atoms with Crippen LogP contribution in [-0.2, 0) is 9.59 Å². The third-order valence-electron chi connectivity index (χ3n) is 6.56. The van der Waals surface area contributed by atoms with Crippen LogP contribution in [0.15, 0.2) is 80.3 Å². The van der Waals surface area contributed by atoms with Crippen molar-refractivity contribution in [1.29, 1.82) is 0 Å². The topological polar surface area (TPSA) is 68.3 Å². The first-order valence-corrected chi connectivity index (χ1v) is 14.6. The SMILES string of the molecule is CCCCCCCCCCCC1=C(C(=O)c2ccc(Br)cc2)C(=O)C=C(C(=O)c2ccc(Br)cc2)C1=O. The summed E-state index contributed by atoms with van der Waals surface area (Å²) in [5.74, 6) is -2.10. The molecule has 4 nitrogen and oxygen atoms in total. The summed E-state index contributed by atoms with van der Waals surface area (Å²) < 4.78 is 1.61. The third kappa shape index (κ3) is 8.02. The molecule has 6 heteroatoms. The summed E-state index contributed by atoms with van der Waals surface area (Å²) in [5, 5.41) is 0. The molecule has 0 unspecified atom stereocenters. The van der Waals surface area contributed by atoms with Gasteiger partial charge in [-0.2, -0.15) is 0 Å². The molecular formula is C31H32Br2O4. The van der Waals surface area contributed by atoms with Gasteiger partial charge in [-0.15, -0.1) is 0 Å². The molecule has 1 aliphatic rings. The molecule has 0 heterocycles. The second-order valence-corrected chi connectivity index (χ2v) is 11.2. The molecule has 1 aliphatic carbocycles. The number of ketones is 4. The van der Waals surface area contributed by atoms with E-state index >= 15 is 0 Å². The quantitative estimate of drug-likeness (QED) is 0.0910. The van der Waals surface area contributed by atoms with E-state index in [1.165, 1.54) is 32.1 Å². The zero-order chi connectivity index (χ0) is 26.8. The van der Waals surface area contributed by atoms with Crippen LogP contribution in [0.2, 0.25) is 0 Å². The first kappa shape index (κ1) is 29.1. The lowest BCUT2D eigenvalue weighted by Gasteiger charge is -2.18. The number of halogens is 2. The van der Waals surface area contributed by atoms with E-state index in [0.29, 0.717) is 24.0 Å². The number of rotatable bonds is 14. The van der Waals surface area contributed by atoms with Gasteiger partial charge in [-0.05, 0) is 61.4 Å². The Morgan fingerprint density at radius 3 is 1.62 bits per heavy atom. The Morgan fingerprint density at radius 2 is 1.11 bits per heavy atom. The van der Waals surface area contributed by atoms with Crippen molar-refractivity contribution in [2.45, 2.75) is 71.1 Å². The van der Waals surface area contributed by atoms with Crippen molar-refractivity contribution < 1.29 is 19.2 Å². The van der Waals surface area contributed by atoms with Gasteiger partial charge in [0.25, 0.3) is 0 Å². The Balaban J connectivity index is 1.79. The van der Waals surface area contributed by atoms with E-state index in [0.717, 1.165) is 34.3 Å². The van der Waals surface area contributed by atoms with Crippen molar-refractivity contribution in [1.82, 2.24) is 0 Å². The number of Topliss-reactive ketones (excluding diaryl/α,β-unsaturated/α-hetero) is 3. The molecule has 0 aromatic heterocycles. The van der Waals surface area contributed by atoms with Crippen LogP contribution in [0, 0.1) is 0 Å². The maximum Gasteiger partial charge on any atom is 0.197 e. The van der Waals surface area contributed by atoms with E-state index < -0.39 is 23.1 Å². The monoisotopic (exact) mass is 626 g/mol. The van der Waals surface area contributed by atoms with Gasteiger partial charge in [0.1, 0.15) is 0 Å². The number of carbonyl (C=O) groups excluding carboxylic acids is 4. The van der Waals surface area contributed by atoms with Gasteiger partial charge < -0.3 is 0 Å². The Morgan fingerprint density at radius 1 is 0.649 bits per heavy atom. The zero-order valence-electron chi connectivity index (χ0n) is 21.2. The van der Waals surface area contributed by atoms with Crippen LogP contribution in [-0.4, -0.2) is 23.1 Å². The number of carbonyl (C=O) groups is 4. The van der Waals surface area contributed by atoms with Crippen LogP contribution in [0.4, 0.5) is 0 Å². The lowest BCUT2D eigenvalue weighted by Crippen LogP contribution is -2.27. The van der Waals surface area contributed by atoms with Crippen molar-refractivity contribution in [2.75, 3.05) is 0 Å². The van der Waals surface area contributed by atoms with Gasteiger partial charge in [-0.3, -0.25) is 19.2 Å². The minimum Gasteiger partial charge on any atom is -0.289 e. The molecule has 0 spiro atoms. The van der Waals surface area contributed by atoms with E-state index in [1.807, 2.05) is 0 Å². The van der Waals surface area contributed by atoms with Crippen molar-refractivity contribution in [3.05, 3.63) is 91.4 Å². The lowest BCUT2D eigenvalue weighted by molar-refractivity contribution is -0.115. The number of hydrogen-bond donors (Lipinski definition) is 0. The minimum atomic E-state index is -0.584. The van der Waals surface area contributed by atoms with E-state index in [1.54, 1.807) is 48.5 Å². The summed E-state index contributed by atoms with van der Waals surface area (Å²) in [7, 11) is 0. The van der Waals surface area contributed by atoms with Gasteiger partial charge in [0.2, 0.25) is 0 Å². The van der Waals surface area contributed by atoms with E-state index in [2.05, 4.69) is 38.8 Å². The number of benzene rings is 2. The summed E-state index contributed by atoms with van der Waals surface area (Å²) in [6.45, 7) is 2.20. The van der Waals surface area contributed by atoms with Gasteiger partial charge in [0.05, 0.1) is 11.1 Å². The molecule has 194 valence electrons. The fraction of sp³-hybridized carbons (Fsp3) is 0.355. The van der Waals surface area contributed by atoms with Crippen LogP contribution >= 0.6 is 31.9 Å². The molecule has 0 saturated heterocycles. The third-order valence-corrected chi connectivity index (χ3v) is 7.61. The fourth-order valence-corrected chi connectivity index (χ4v) is 4.99. The average molecular weight is 628 g/mol. The molecule has 0 aliphatic heterocycles. The molecule has 37 heavy (non-hydrogen) atoms. The second-order valence-electron chi connectivity index (χ2n) is 9.36. The first-order chi connectivity index (χ1) is 17.8. The highest BCUT2D eigenvalue weighted by molar-refractivity contribution is 9.10. The smallest absolute Gasteiger partial charge is 0.197 e.